The van der Waals surface area contributed by atoms with E-state index >= 15 is 0 Å². The fourth-order valence-electron chi connectivity index (χ4n) is 4.16. The summed E-state index contributed by atoms with van der Waals surface area (Å²) in [6.07, 6.45) is -2.32. The normalized spacial score (nSPS) is 12.2. The predicted molar refractivity (Wildman–Crippen MR) is 118 cm³/mol. The monoisotopic (exact) mass is 430 g/mol. The number of halogens is 4. The first kappa shape index (κ1) is 20.8. The predicted octanol–water partition coefficient (Wildman–Crippen LogP) is 7.25. The van der Waals surface area contributed by atoms with Crippen molar-refractivity contribution in [2.75, 3.05) is 6.54 Å². The number of aromatic amines is 1. The molecular weight excluding hydrogens is 409 g/mol. The van der Waals surface area contributed by atoms with Crippen molar-refractivity contribution in [2.45, 2.75) is 32.4 Å². The lowest BCUT2D eigenvalue weighted by molar-refractivity contribution is -0.136. The van der Waals surface area contributed by atoms with Gasteiger partial charge in [-0.1, -0.05) is 48.0 Å². The number of unbranched alkanes of at least 4 members (excludes halogenated alkanes) is 1. The Morgan fingerprint density at radius 3 is 2.40 bits per heavy atom. The Morgan fingerprint density at radius 1 is 0.967 bits per heavy atom. The van der Waals surface area contributed by atoms with Crippen LogP contribution in [-0.2, 0) is 12.6 Å². The molecule has 3 aromatic carbocycles. The van der Waals surface area contributed by atoms with Gasteiger partial charge in [0, 0.05) is 10.9 Å². The molecule has 0 amide bonds. The van der Waals surface area contributed by atoms with Crippen molar-refractivity contribution in [3.63, 3.8) is 0 Å². The Kier molecular flexibility index (Phi) is 5.51. The highest BCUT2D eigenvalue weighted by Gasteiger charge is 2.34. The molecule has 0 bridgehead atoms. The van der Waals surface area contributed by atoms with Gasteiger partial charge in [0.1, 0.15) is 0 Å². The molecule has 1 aromatic heterocycles. The van der Waals surface area contributed by atoms with Crippen LogP contribution in [-0.4, -0.2) is 11.5 Å². The lowest BCUT2D eigenvalue weighted by Crippen LogP contribution is -2.05. The Balaban J connectivity index is 2.06. The van der Waals surface area contributed by atoms with Crippen molar-refractivity contribution in [1.29, 1.82) is 0 Å². The minimum atomic E-state index is -4.48. The molecule has 0 saturated carbocycles. The molecule has 0 aliphatic rings. The van der Waals surface area contributed by atoms with Crippen LogP contribution >= 0.6 is 11.6 Å². The second-order valence-corrected chi connectivity index (χ2v) is 7.95. The van der Waals surface area contributed by atoms with Gasteiger partial charge in [0.2, 0.25) is 0 Å². The molecule has 156 valence electrons. The molecule has 4 rings (SSSR count). The lowest BCUT2D eigenvalue weighted by Gasteiger charge is -2.11. The molecule has 0 saturated heterocycles. The van der Waals surface area contributed by atoms with Crippen LogP contribution < -0.4 is 5.73 Å². The van der Waals surface area contributed by atoms with Gasteiger partial charge in [-0.05, 0) is 66.8 Å². The van der Waals surface area contributed by atoms with Gasteiger partial charge in [0.15, 0.2) is 0 Å². The largest absolute Gasteiger partial charge is 0.418 e. The first-order valence-corrected chi connectivity index (χ1v) is 10.3. The van der Waals surface area contributed by atoms with E-state index in [9.17, 15) is 13.2 Å². The lowest BCUT2D eigenvalue weighted by atomic mass is 9.94. The van der Waals surface area contributed by atoms with Crippen molar-refractivity contribution in [3.05, 3.63) is 70.2 Å². The summed E-state index contributed by atoms with van der Waals surface area (Å²) in [5.41, 5.74) is 8.47. The summed E-state index contributed by atoms with van der Waals surface area (Å²) in [5.74, 6) is 0. The number of benzene rings is 3. The molecule has 0 aliphatic heterocycles. The maximum Gasteiger partial charge on any atom is 0.418 e. The Bertz CT molecular complexity index is 1220. The van der Waals surface area contributed by atoms with Crippen LogP contribution in [0.3, 0.4) is 0 Å². The molecule has 4 aromatic rings. The number of hydrogen-bond donors (Lipinski definition) is 2. The topological polar surface area (TPSA) is 41.8 Å². The smallest absolute Gasteiger partial charge is 0.354 e. The molecule has 6 heteroatoms. The van der Waals surface area contributed by atoms with E-state index in [0.29, 0.717) is 29.1 Å². The molecule has 3 N–H and O–H groups in total. The second-order valence-electron chi connectivity index (χ2n) is 7.54. The molecule has 0 radical (unpaired) electrons. The Labute approximate surface area is 177 Å². The van der Waals surface area contributed by atoms with E-state index in [0.717, 1.165) is 46.4 Å². The molecule has 0 fully saturated rings. The van der Waals surface area contributed by atoms with E-state index in [4.69, 9.17) is 17.3 Å². The van der Waals surface area contributed by atoms with Gasteiger partial charge in [-0.3, -0.25) is 0 Å². The Hall–Kier alpha value is -2.50. The summed E-state index contributed by atoms with van der Waals surface area (Å²) in [7, 11) is 0. The third-order valence-corrected chi connectivity index (χ3v) is 5.92. The first-order chi connectivity index (χ1) is 14.3. The molecule has 0 unspecified atom stereocenters. The third-order valence-electron chi connectivity index (χ3n) is 5.61. The maximum absolute atomic E-state index is 13.7. The molecule has 30 heavy (non-hydrogen) atoms. The molecular formula is C24H22ClF3N2. The summed E-state index contributed by atoms with van der Waals surface area (Å²) < 4.78 is 41.2. The van der Waals surface area contributed by atoms with Crippen LogP contribution in [0.15, 0.2) is 48.5 Å². The fourth-order valence-corrected chi connectivity index (χ4v) is 4.43. The number of aromatic nitrogens is 1. The van der Waals surface area contributed by atoms with Crippen LogP contribution in [0.4, 0.5) is 13.2 Å². The average molecular weight is 431 g/mol. The van der Waals surface area contributed by atoms with Crippen molar-refractivity contribution in [1.82, 2.24) is 4.98 Å². The number of alkyl halides is 3. The average Bonchev–Trinajstić information content (AvgIpc) is 3.08. The zero-order chi connectivity index (χ0) is 21.5. The van der Waals surface area contributed by atoms with Crippen LogP contribution in [0.2, 0.25) is 5.02 Å². The standard InChI is InChI=1S/C24H22ClF3N2/c1-14-9-10-17(16-7-3-2-6-15(14)16)22-18(8-4-5-13-29)21-20(25)12-11-19(23(21)30-22)24(26,27)28/h2-3,6-7,9-12,30H,4-5,8,13,29H2,1H3. The second kappa shape index (κ2) is 7.97. The van der Waals surface area contributed by atoms with Crippen molar-refractivity contribution < 1.29 is 13.2 Å². The van der Waals surface area contributed by atoms with E-state index in [1.807, 2.05) is 43.3 Å². The van der Waals surface area contributed by atoms with Gasteiger partial charge in [0.25, 0.3) is 0 Å². The van der Waals surface area contributed by atoms with Crippen LogP contribution in [0, 0.1) is 6.92 Å². The van der Waals surface area contributed by atoms with Crippen LogP contribution in [0.25, 0.3) is 32.9 Å². The van der Waals surface area contributed by atoms with Crippen molar-refractivity contribution in [2.24, 2.45) is 5.73 Å². The summed E-state index contributed by atoms with van der Waals surface area (Å²) in [6.45, 7) is 2.56. The molecule has 2 nitrogen and oxygen atoms in total. The highest BCUT2D eigenvalue weighted by Crippen LogP contribution is 2.43. The maximum atomic E-state index is 13.7. The van der Waals surface area contributed by atoms with Gasteiger partial charge in [0.05, 0.1) is 21.8 Å². The summed E-state index contributed by atoms with van der Waals surface area (Å²) in [4.78, 5) is 3.10. The summed E-state index contributed by atoms with van der Waals surface area (Å²) in [6, 6.07) is 14.3. The molecule has 0 spiro atoms. The van der Waals surface area contributed by atoms with E-state index in [-0.39, 0.29) is 5.52 Å². The van der Waals surface area contributed by atoms with Gasteiger partial charge in [-0.15, -0.1) is 0 Å². The quantitative estimate of drug-likeness (QED) is 0.322. The number of hydrogen-bond acceptors (Lipinski definition) is 1. The van der Waals surface area contributed by atoms with Crippen LogP contribution in [0.1, 0.15) is 29.5 Å². The molecule has 1 heterocycles. The van der Waals surface area contributed by atoms with Gasteiger partial charge < -0.3 is 10.7 Å². The van der Waals surface area contributed by atoms with E-state index < -0.39 is 11.7 Å². The van der Waals surface area contributed by atoms with Crippen molar-refractivity contribution >= 4 is 33.3 Å². The summed E-state index contributed by atoms with van der Waals surface area (Å²) >= 11 is 6.43. The van der Waals surface area contributed by atoms with E-state index in [1.54, 1.807) is 0 Å². The number of H-pyrrole nitrogens is 1. The zero-order valence-electron chi connectivity index (χ0n) is 16.5. The Morgan fingerprint density at radius 2 is 1.70 bits per heavy atom. The third kappa shape index (κ3) is 3.57. The zero-order valence-corrected chi connectivity index (χ0v) is 17.3. The highest BCUT2D eigenvalue weighted by molar-refractivity contribution is 6.36. The minimum Gasteiger partial charge on any atom is -0.354 e. The fraction of sp³-hybridized carbons (Fsp3) is 0.250. The molecule has 0 aliphatic carbocycles. The SMILES string of the molecule is Cc1ccc(-c2[nH]c3c(C(F)(F)F)ccc(Cl)c3c2CCCCN)c2ccccc12. The first-order valence-electron chi connectivity index (χ1n) is 9.92. The highest BCUT2D eigenvalue weighted by atomic mass is 35.5. The number of rotatable bonds is 5. The number of aryl methyl sites for hydroxylation is 2. The van der Waals surface area contributed by atoms with Gasteiger partial charge >= 0.3 is 6.18 Å². The number of nitrogens with two attached hydrogens (primary N) is 1. The van der Waals surface area contributed by atoms with E-state index in [2.05, 4.69) is 4.98 Å². The summed E-state index contributed by atoms with van der Waals surface area (Å²) in [5, 5.41) is 2.83. The minimum absolute atomic E-state index is 0.0393. The van der Waals surface area contributed by atoms with E-state index in [1.165, 1.54) is 6.07 Å². The van der Waals surface area contributed by atoms with Gasteiger partial charge in [-0.2, -0.15) is 13.2 Å². The van der Waals surface area contributed by atoms with Crippen molar-refractivity contribution in [3.8, 4) is 11.3 Å². The van der Waals surface area contributed by atoms with Crippen LogP contribution in [0.5, 0.6) is 0 Å². The number of nitrogens with one attached hydrogen (secondary N) is 1. The number of fused-ring (bicyclic) bond motifs is 2. The van der Waals surface area contributed by atoms with Gasteiger partial charge in [-0.25, -0.2) is 0 Å². The molecule has 0 atom stereocenters.